The molecule has 1 N–H and O–H groups in total. The number of benzene rings is 1. The molecule has 0 unspecified atom stereocenters. The third-order valence-electron chi connectivity index (χ3n) is 3.83. The molecule has 1 heterocycles. The van der Waals surface area contributed by atoms with Crippen molar-refractivity contribution in [3.8, 4) is 17.0 Å². The number of aromatic nitrogens is 1. The van der Waals surface area contributed by atoms with Crippen LogP contribution in [0.4, 0.5) is 0 Å². The zero-order valence-electron chi connectivity index (χ0n) is 12.6. The summed E-state index contributed by atoms with van der Waals surface area (Å²) in [7, 11) is 0. The fourth-order valence-corrected chi connectivity index (χ4v) is 2.57. The lowest BCUT2D eigenvalue weighted by atomic mass is 10.0. The number of hydrogen-bond donors (Lipinski definition) is 1. The summed E-state index contributed by atoms with van der Waals surface area (Å²) < 4.78 is 1.90. The smallest absolute Gasteiger partial charge is 0.194 e. The number of rotatable bonds is 6. The first kappa shape index (κ1) is 15.3. The number of aryl methyl sites for hydroxylation is 2. The lowest BCUT2D eigenvalue weighted by molar-refractivity contribution is 0.112. The Morgan fingerprint density at radius 3 is 2.67 bits per heavy atom. The summed E-state index contributed by atoms with van der Waals surface area (Å²) in [5.74, 6) is -0.210. The van der Waals surface area contributed by atoms with E-state index in [9.17, 15) is 14.7 Å². The van der Waals surface area contributed by atoms with Crippen LogP contribution in [0.25, 0.3) is 11.3 Å². The van der Waals surface area contributed by atoms with E-state index in [2.05, 4.69) is 6.92 Å². The average molecular weight is 287 g/mol. The fraction of sp³-hybridized carbons (Fsp3) is 0.412. The topological polar surface area (TPSA) is 59.3 Å². The molecule has 0 spiro atoms. The Morgan fingerprint density at radius 1 is 1.24 bits per heavy atom. The number of fused-ring (bicyclic) bond motifs is 1. The van der Waals surface area contributed by atoms with Crippen LogP contribution in [0.2, 0.25) is 0 Å². The number of pyridine rings is 1. The standard InChI is InChI=1S/C17H21NO3/c1-3-4-5-6-9-18-10-13(11-19)17(21)15-14(18)8-7-12(2)16(15)20/h7-8,10-11,21H,3-6,9H2,1-2H3. The maximum absolute atomic E-state index is 12.3. The van der Waals surface area contributed by atoms with Gasteiger partial charge in [-0.1, -0.05) is 32.3 Å². The summed E-state index contributed by atoms with van der Waals surface area (Å²) in [6.07, 6.45) is 6.65. The normalized spacial score (nSPS) is 11.0. The molecule has 2 rings (SSSR count). The molecule has 0 aromatic carbocycles. The van der Waals surface area contributed by atoms with Crippen LogP contribution in [0, 0.1) is 6.92 Å². The first-order valence-corrected chi connectivity index (χ1v) is 7.41. The van der Waals surface area contributed by atoms with Crippen LogP contribution < -0.4 is 5.43 Å². The third-order valence-corrected chi connectivity index (χ3v) is 3.83. The summed E-state index contributed by atoms with van der Waals surface area (Å²) in [6.45, 7) is 4.60. The van der Waals surface area contributed by atoms with Gasteiger partial charge >= 0.3 is 0 Å². The fourth-order valence-electron chi connectivity index (χ4n) is 2.57. The number of aromatic hydroxyl groups is 1. The third kappa shape index (κ3) is 2.99. The summed E-state index contributed by atoms with van der Waals surface area (Å²) in [4.78, 5) is 23.4. The number of unbranched alkanes of at least 4 members (excludes halogenated alkanes) is 3. The number of hydrogen-bond acceptors (Lipinski definition) is 3. The molecule has 0 amide bonds. The maximum atomic E-state index is 12.3. The van der Waals surface area contributed by atoms with Gasteiger partial charge in [-0.3, -0.25) is 9.59 Å². The Hall–Kier alpha value is -2.10. The maximum Gasteiger partial charge on any atom is 0.194 e. The minimum atomic E-state index is -0.212. The van der Waals surface area contributed by atoms with Gasteiger partial charge in [0.05, 0.1) is 16.8 Å². The van der Waals surface area contributed by atoms with Crippen LogP contribution in [-0.2, 0) is 6.54 Å². The van der Waals surface area contributed by atoms with Crippen LogP contribution >= 0.6 is 0 Å². The summed E-state index contributed by atoms with van der Waals surface area (Å²) in [5.41, 5.74) is 1.45. The Labute approximate surface area is 124 Å². The van der Waals surface area contributed by atoms with Gasteiger partial charge in [0, 0.05) is 12.7 Å². The molecule has 21 heavy (non-hydrogen) atoms. The minimum Gasteiger partial charge on any atom is -0.506 e. The van der Waals surface area contributed by atoms with E-state index < -0.39 is 0 Å². The van der Waals surface area contributed by atoms with Crippen molar-refractivity contribution >= 4 is 6.29 Å². The highest BCUT2D eigenvalue weighted by molar-refractivity contribution is 5.85. The molecule has 0 saturated carbocycles. The van der Waals surface area contributed by atoms with Gasteiger partial charge in [0.1, 0.15) is 5.75 Å². The molecular weight excluding hydrogens is 266 g/mol. The first-order valence-electron chi connectivity index (χ1n) is 7.41. The molecule has 0 aromatic rings. The Kier molecular flexibility index (Phi) is 4.78. The van der Waals surface area contributed by atoms with Gasteiger partial charge in [-0.15, -0.1) is 0 Å². The van der Waals surface area contributed by atoms with Gasteiger partial charge in [-0.25, -0.2) is 0 Å². The van der Waals surface area contributed by atoms with Gasteiger partial charge in [0.2, 0.25) is 0 Å². The quantitative estimate of drug-likeness (QED) is 0.654. The molecule has 2 aliphatic rings. The number of carbonyl (C=O) groups excluding carboxylic acids is 1. The van der Waals surface area contributed by atoms with Gasteiger partial charge in [-0.2, -0.15) is 0 Å². The van der Waals surface area contributed by atoms with Crippen molar-refractivity contribution in [1.29, 1.82) is 0 Å². The van der Waals surface area contributed by atoms with Crippen LogP contribution in [0.1, 0.15) is 48.5 Å². The lowest BCUT2D eigenvalue weighted by Crippen LogP contribution is -2.16. The lowest BCUT2D eigenvalue weighted by Gasteiger charge is -2.18. The number of nitrogens with zero attached hydrogens (tertiary/aromatic N) is 1. The van der Waals surface area contributed by atoms with E-state index >= 15 is 0 Å². The summed E-state index contributed by atoms with van der Waals surface area (Å²) in [5, 5.41) is 10.1. The van der Waals surface area contributed by atoms with Crippen LogP contribution in [0.5, 0.6) is 5.75 Å². The van der Waals surface area contributed by atoms with E-state index in [0.717, 1.165) is 25.8 Å². The molecule has 0 bridgehead atoms. The van der Waals surface area contributed by atoms with Gasteiger partial charge in [0.25, 0.3) is 0 Å². The zero-order chi connectivity index (χ0) is 15.4. The van der Waals surface area contributed by atoms with E-state index in [1.54, 1.807) is 19.2 Å². The molecule has 0 fully saturated rings. The van der Waals surface area contributed by atoms with Gasteiger partial charge in [0.15, 0.2) is 11.7 Å². The van der Waals surface area contributed by atoms with Crippen LogP contribution in [0.3, 0.4) is 0 Å². The van der Waals surface area contributed by atoms with Crippen molar-refractivity contribution in [2.75, 3.05) is 0 Å². The highest BCUT2D eigenvalue weighted by atomic mass is 16.3. The second kappa shape index (κ2) is 6.57. The molecule has 0 aromatic heterocycles. The first-order chi connectivity index (χ1) is 10.1. The van der Waals surface area contributed by atoms with Crippen molar-refractivity contribution in [2.24, 2.45) is 0 Å². The zero-order valence-corrected chi connectivity index (χ0v) is 12.6. The largest absolute Gasteiger partial charge is 0.506 e. The predicted molar refractivity (Wildman–Crippen MR) is 83.3 cm³/mol. The predicted octanol–water partition coefficient (Wildman–Crippen LogP) is 3.36. The van der Waals surface area contributed by atoms with E-state index in [4.69, 9.17) is 0 Å². The van der Waals surface area contributed by atoms with Crippen molar-refractivity contribution in [1.82, 2.24) is 4.57 Å². The highest BCUT2D eigenvalue weighted by Gasteiger charge is 2.19. The Morgan fingerprint density at radius 2 is 2.00 bits per heavy atom. The van der Waals surface area contributed by atoms with Crippen molar-refractivity contribution in [3.63, 3.8) is 0 Å². The monoisotopic (exact) mass is 287 g/mol. The van der Waals surface area contributed by atoms with E-state index in [1.165, 1.54) is 6.42 Å². The Balaban J connectivity index is 2.50. The van der Waals surface area contributed by atoms with Gasteiger partial charge < -0.3 is 9.67 Å². The number of aldehydes is 1. The molecule has 1 aliphatic heterocycles. The van der Waals surface area contributed by atoms with E-state index in [1.807, 2.05) is 10.6 Å². The Bertz CT molecular complexity index is 673. The highest BCUT2D eigenvalue weighted by Crippen LogP contribution is 2.31. The molecule has 112 valence electrons. The summed E-state index contributed by atoms with van der Waals surface area (Å²) >= 11 is 0. The van der Waals surface area contributed by atoms with Crippen LogP contribution in [-0.4, -0.2) is 16.0 Å². The summed E-state index contributed by atoms with van der Waals surface area (Å²) in [6, 6.07) is 3.59. The molecule has 4 nitrogen and oxygen atoms in total. The molecule has 0 atom stereocenters. The molecular formula is C17H21NO3. The van der Waals surface area contributed by atoms with E-state index in [-0.39, 0.29) is 22.3 Å². The molecule has 4 heteroatoms. The minimum absolute atomic E-state index is 0.167. The van der Waals surface area contributed by atoms with Crippen molar-refractivity contribution in [3.05, 3.63) is 39.7 Å². The van der Waals surface area contributed by atoms with Crippen molar-refractivity contribution < 1.29 is 9.90 Å². The second-order valence-electron chi connectivity index (χ2n) is 5.41. The van der Waals surface area contributed by atoms with Crippen molar-refractivity contribution in [2.45, 2.75) is 46.1 Å². The molecule has 1 aliphatic carbocycles. The van der Waals surface area contributed by atoms with E-state index in [0.29, 0.717) is 17.5 Å². The number of carbonyl (C=O) groups is 1. The average Bonchev–Trinajstić information content (AvgIpc) is 2.48. The van der Waals surface area contributed by atoms with Gasteiger partial charge in [-0.05, 0) is 25.0 Å². The molecule has 0 radical (unpaired) electrons. The molecule has 0 saturated heterocycles. The second-order valence-corrected chi connectivity index (χ2v) is 5.41. The van der Waals surface area contributed by atoms with Crippen LogP contribution in [0.15, 0.2) is 23.1 Å². The SMILES string of the molecule is CCCCCCn1cc(C=O)c(O)c2c(=O)c(C)ccc1-2.